The molecule has 1 unspecified atom stereocenters. The first-order chi connectivity index (χ1) is 10.5. The van der Waals surface area contributed by atoms with Crippen molar-refractivity contribution in [1.29, 1.82) is 0 Å². The number of hydrogen-bond donors (Lipinski definition) is 1. The number of rotatable bonds is 6. The van der Waals surface area contributed by atoms with Gasteiger partial charge >= 0.3 is 5.97 Å². The molecule has 2 aromatic carbocycles. The van der Waals surface area contributed by atoms with E-state index in [1.54, 1.807) is 24.3 Å². The molecule has 112 valence electrons. The number of para-hydroxylation sites is 1. The summed E-state index contributed by atoms with van der Waals surface area (Å²) in [5.74, 6) is -2.44. The van der Waals surface area contributed by atoms with Crippen LogP contribution in [0.3, 0.4) is 0 Å². The summed E-state index contributed by atoms with van der Waals surface area (Å²) in [6.07, 6.45) is 0. The Labute approximate surface area is 125 Å². The molecule has 0 heterocycles. The molecule has 7 heteroatoms. The maximum absolute atomic E-state index is 12.4. The molecule has 22 heavy (non-hydrogen) atoms. The Morgan fingerprint density at radius 1 is 1.00 bits per heavy atom. The molecule has 2 aromatic rings. The largest absolute Gasteiger partial charge is 0.479 e. The average molecular weight is 300 g/mol. The fourth-order valence-electron chi connectivity index (χ4n) is 2.01. The number of carboxylic acids is 1. The van der Waals surface area contributed by atoms with Crippen molar-refractivity contribution in [3.05, 3.63) is 76.3 Å². The first-order valence-corrected chi connectivity index (χ1v) is 6.33. The summed E-state index contributed by atoms with van der Waals surface area (Å²) in [5.41, 5.74) is 0.113. The van der Waals surface area contributed by atoms with Crippen LogP contribution in [-0.4, -0.2) is 27.9 Å². The number of hydrogen-bond acceptors (Lipinski definition) is 4. The number of nitrogens with zero attached hydrogens (tertiary/aromatic N) is 2. The van der Waals surface area contributed by atoms with E-state index in [1.165, 1.54) is 36.4 Å². The number of benzene rings is 2. The van der Waals surface area contributed by atoms with Crippen LogP contribution in [0.5, 0.6) is 0 Å². The van der Waals surface area contributed by atoms with Crippen molar-refractivity contribution in [3.63, 3.8) is 0 Å². The lowest BCUT2D eigenvalue weighted by Crippen LogP contribution is -2.50. The van der Waals surface area contributed by atoms with Crippen LogP contribution in [0, 0.1) is 10.1 Å². The van der Waals surface area contributed by atoms with Gasteiger partial charge in [0, 0.05) is 5.56 Å². The van der Waals surface area contributed by atoms with Gasteiger partial charge in [-0.15, -0.1) is 0 Å². The van der Waals surface area contributed by atoms with Crippen LogP contribution in [-0.2, 0) is 4.79 Å². The summed E-state index contributed by atoms with van der Waals surface area (Å²) in [4.78, 5) is 35.1. The molecule has 0 saturated carbocycles. The molecular formula is C15H12N2O5. The fourth-order valence-corrected chi connectivity index (χ4v) is 2.01. The van der Waals surface area contributed by atoms with Crippen LogP contribution >= 0.6 is 0 Å². The molecule has 1 N–H and O–H groups in total. The molecule has 0 spiro atoms. The zero-order chi connectivity index (χ0) is 16.1. The third-order valence-corrected chi connectivity index (χ3v) is 2.98. The topological polar surface area (TPSA) is 101 Å². The van der Waals surface area contributed by atoms with Crippen LogP contribution in [0.15, 0.2) is 60.7 Å². The molecule has 1 atom stereocenters. The highest BCUT2D eigenvalue weighted by molar-refractivity contribution is 6.13. The number of carbonyl (C=O) groups excluding carboxylic acids is 1. The molecule has 0 radical (unpaired) electrons. The normalized spacial score (nSPS) is 11.5. The molecule has 0 aliphatic carbocycles. The number of hydrazine groups is 1. The maximum Gasteiger partial charge on any atom is 0.341 e. The van der Waals surface area contributed by atoms with Gasteiger partial charge in [-0.25, -0.2) is 14.9 Å². The molecule has 0 saturated heterocycles. The second-order valence-corrected chi connectivity index (χ2v) is 4.39. The van der Waals surface area contributed by atoms with E-state index in [2.05, 4.69) is 0 Å². The Morgan fingerprint density at radius 3 is 1.95 bits per heavy atom. The van der Waals surface area contributed by atoms with Gasteiger partial charge < -0.3 is 5.11 Å². The van der Waals surface area contributed by atoms with E-state index >= 15 is 0 Å². The van der Waals surface area contributed by atoms with Crippen molar-refractivity contribution in [2.24, 2.45) is 0 Å². The minimum atomic E-state index is -1.94. The molecule has 0 bridgehead atoms. The second kappa shape index (κ2) is 6.49. The van der Waals surface area contributed by atoms with E-state index in [4.69, 9.17) is 0 Å². The number of carboxylic acid groups (broad SMARTS) is 1. The Bertz CT molecular complexity index is 688. The lowest BCUT2D eigenvalue weighted by Gasteiger charge is -2.20. The summed E-state index contributed by atoms with van der Waals surface area (Å²) in [6.45, 7) is 0. The van der Waals surface area contributed by atoms with Gasteiger partial charge in [0.2, 0.25) is 5.78 Å². The Hall–Kier alpha value is -3.22. The molecular weight excluding hydrogens is 288 g/mol. The van der Waals surface area contributed by atoms with Gasteiger partial charge in [-0.1, -0.05) is 53.5 Å². The zero-order valence-electron chi connectivity index (χ0n) is 11.3. The van der Waals surface area contributed by atoms with Gasteiger partial charge in [-0.05, 0) is 12.1 Å². The van der Waals surface area contributed by atoms with E-state index in [0.717, 1.165) is 0 Å². The summed E-state index contributed by atoms with van der Waals surface area (Å²) >= 11 is 0. The highest BCUT2D eigenvalue weighted by Gasteiger charge is 2.41. The summed E-state index contributed by atoms with van der Waals surface area (Å²) < 4.78 is 0. The van der Waals surface area contributed by atoms with Crippen LogP contribution in [0.25, 0.3) is 0 Å². The number of carbonyl (C=O) groups is 2. The number of nitro groups is 1. The van der Waals surface area contributed by atoms with Crippen molar-refractivity contribution in [3.8, 4) is 0 Å². The first-order valence-electron chi connectivity index (χ1n) is 6.33. The van der Waals surface area contributed by atoms with Crippen molar-refractivity contribution in [2.45, 2.75) is 6.04 Å². The lowest BCUT2D eigenvalue weighted by atomic mass is 10.0. The molecule has 0 fully saturated rings. The van der Waals surface area contributed by atoms with Crippen molar-refractivity contribution >= 4 is 17.4 Å². The lowest BCUT2D eigenvalue weighted by molar-refractivity contribution is -0.496. The van der Waals surface area contributed by atoms with E-state index in [-0.39, 0.29) is 11.3 Å². The molecule has 0 aliphatic heterocycles. The van der Waals surface area contributed by atoms with Gasteiger partial charge in [0.05, 0.1) is 0 Å². The van der Waals surface area contributed by atoms with Crippen LogP contribution in [0.2, 0.25) is 0 Å². The molecule has 0 aliphatic rings. The SMILES string of the molecule is O=C(O)C(C(=O)c1ccccc1)N(c1ccccc1)[N+](=O)[O-]. The molecule has 7 nitrogen and oxygen atoms in total. The Kier molecular flexibility index (Phi) is 4.47. The summed E-state index contributed by atoms with van der Waals surface area (Å²) in [7, 11) is 0. The van der Waals surface area contributed by atoms with Crippen LogP contribution < -0.4 is 5.01 Å². The predicted molar refractivity (Wildman–Crippen MR) is 78.1 cm³/mol. The van der Waals surface area contributed by atoms with Gasteiger partial charge in [-0.2, -0.15) is 0 Å². The highest BCUT2D eigenvalue weighted by Crippen LogP contribution is 2.19. The smallest absolute Gasteiger partial charge is 0.341 e. The van der Waals surface area contributed by atoms with Gasteiger partial charge in [0.1, 0.15) is 5.69 Å². The molecule has 0 aromatic heterocycles. The predicted octanol–water partition coefficient (Wildman–Crippen LogP) is 2.02. The first kappa shape index (κ1) is 15.2. The zero-order valence-corrected chi connectivity index (χ0v) is 11.3. The van der Waals surface area contributed by atoms with Crippen molar-refractivity contribution < 1.29 is 19.7 Å². The quantitative estimate of drug-likeness (QED) is 0.379. The summed E-state index contributed by atoms with van der Waals surface area (Å²) in [6, 6.07) is 13.1. The third kappa shape index (κ3) is 3.09. The van der Waals surface area contributed by atoms with E-state index in [0.29, 0.717) is 5.01 Å². The minimum Gasteiger partial charge on any atom is -0.479 e. The number of anilines is 1. The summed E-state index contributed by atoms with van der Waals surface area (Å²) in [5, 5.41) is 20.1. The van der Waals surface area contributed by atoms with E-state index in [9.17, 15) is 24.8 Å². The van der Waals surface area contributed by atoms with Crippen LogP contribution in [0.4, 0.5) is 5.69 Å². The average Bonchev–Trinajstić information content (AvgIpc) is 2.52. The Morgan fingerprint density at radius 2 is 1.50 bits per heavy atom. The van der Waals surface area contributed by atoms with Crippen LogP contribution in [0.1, 0.15) is 10.4 Å². The molecule has 0 amide bonds. The Balaban J connectivity index is 2.47. The fraction of sp³-hybridized carbons (Fsp3) is 0.0667. The minimum absolute atomic E-state index is 0.0178. The third-order valence-electron chi connectivity index (χ3n) is 2.98. The van der Waals surface area contributed by atoms with Crippen molar-refractivity contribution in [1.82, 2.24) is 0 Å². The maximum atomic E-state index is 12.4. The highest BCUT2D eigenvalue weighted by atomic mass is 16.7. The van der Waals surface area contributed by atoms with E-state index < -0.39 is 22.8 Å². The monoisotopic (exact) mass is 300 g/mol. The molecule has 2 rings (SSSR count). The number of Topliss-reactive ketones (excluding diaryl/α,β-unsaturated/α-hetero) is 1. The number of ketones is 1. The van der Waals surface area contributed by atoms with Gasteiger partial charge in [0.15, 0.2) is 5.03 Å². The van der Waals surface area contributed by atoms with Gasteiger partial charge in [0.25, 0.3) is 6.04 Å². The van der Waals surface area contributed by atoms with Gasteiger partial charge in [-0.3, -0.25) is 4.79 Å². The standard InChI is InChI=1S/C15H12N2O5/c18-14(11-7-3-1-4-8-11)13(15(19)20)16(17(21)22)12-9-5-2-6-10-12/h1-10,13H,(H,19,20). The van der Waals surface area contributed by atoms with E-state index in [1.807, 2.05) is 0 Å². The van der Waals surface area contributed by atoms with Crippen molar-refractivity contribution in [2.75, 3.05) is 5.01 Å². The number of aliphatic carboxylic acids is 1. The second-order valence-electron chi connectivity index (χ2n) is 4.39.